The molecule has 0 aliphatic heterocycles. The van der Waals surface area contributed by atoms with Crippen molar-refractivity contribution in [3.8, 4) is 17.9 Å². The highest BCUT2D eigenvalue weighted by atomic mass is 16.3. The lowest BCUT2D eigenvalue weighted by Crippen LogP contribution is -2.33. The van der Waals surface area contributed by atoms with Crippen LogP contribution in [0.1, 0.15) is 40.0 Å². The number of carbonyl (C=O) groups excluding carboxylic acids is 1. The highest BCUT2D eigenvalue weighted by Gasteiger charge is 2.56. The van der Waals surface area contributed by atoms with Crippen LogP contribution < -0.4 is 5.32 Å². The van der Waals surface area contributed by atoms with Crippen LogP contribution in [0.15, 0.2) is 11.6 Å². The van der Waals surface area contributed by atoms with Gasteiger partial charge >= 0.3 is 0 Å². The van der Waals surface area contributed by atoms with E-state index in [9.17, 15) is 9.90 Å². The minimum atomic E-state index is -1.32. The smallest absolute Gasteiger partial charge is 0.244 e. The Morgan fingerprint density at radius 3 is 2.58 bits per heavy atom. The zero-order valence-electron chi connectivity index (χ0n) is 11.7. The van der Waals surface area contributed by atoms with Crippen LogP contribution in [-0.2, 0) is 4.79 Å². The summed E-state index contributed by atoms with van der Waals surface area (Å²) >= 11 is 0. The minimum absolute atomic E-state index is 0.185. The van der Waals surface area contributed by atoms with Crippen molar-refractivity contribution in [1.82, 2.24) is 5.32 Å². The molecular formula is C15H20N2O2. The predicted molar refractivity (Wildman–Crippen MR) is 72.7 cm³/mol. The van der Waals surface area contributed by atoms with E-state index in [-0.39, 0.29) is 5.91 Å². The SMILES string of the molecule is CCNC(=O)/C=C(\C#C[C@](C)(O)C1(C#N)CC1)CC. The number of aliphatic hydroxyl groups is 1. The number of nitrogens with zero attached hydrogens (tertiary/aromatic N) is 1. The molecule has 1 fully saturated rings. The number of nitrogens with one attached hydrogen (secondary N) is 1. The highest BCUT2D eigenvalue weighted by Crippen LogP contribution is 2.53. The van der Waals surface area contributed by atoms with Gasteiger partial charge in [-0.1, -0.05) is 18.8 Å². The van der Waals surface area contributed by atoms with Gasteiger partial charge < -0.3 is 10.4 Å². The van der Waals surface area contributed by atoms with Crippen LogP contribution in [0.4, 0.5) is 0 Å². The molecule has 102 valence electrons. The molecule has 0 saturated heterocycles. The zero-order chi connectivity index (χ0) is 14.5. The Balaban J connectivity index is 2.86. The topological polar surface area (TPSA) is 73.1 Å². The lowest BCUT2D eigenvalue weighted by atomic mass is 9.87. The first-order chi connectivity index (χ1) is 8.90. The van der Waals surface area contributed by atoms with Crippen molar-refractivity contribution in [2.24, 2.45) is 5.41 Å². The monoisotopic (exact) mass is 260 g/mol. The van der Waals surface area contributed by atoms with E-state index >= 15 is 0 Å². The molecule has 0 bridgehead atoms. The standard InChI is InChI=1S/C15H20N2O2/c1-4-12(10-13(18)17-5-2)6-7-14(3,19)15(11-16)8-9-15/h10,19H,4-5,8-9H2,1-3H3,(H,17,18)/b12-10-/t14-/m0/s1. The van der Waals surface area contributed by atoms with Crippen LogP contribution in [0.2, 0.25) is 0 Å². The van der Waals surface area contributed by atoms with E-state index in [2.05, 4.69) is 23.2 Å². The molecule has 19 heavy (non-hydrogen) atoms. The maximum atomic E-state index is 11.4. The summed E-state index contributed by atoms with van der Waals surface area (Å²) in [5, 5.41) is 22.0. The molecule has 0 aromatic rings. The largest absolute Gasteiger partial charge is 0.376 e. The second-order valence-corrected chi connectivity index (χ2v) is 4.93. The van der Waals surface area contributed by atoms with Crippen molar-refractivity contribution in [1.29, 1.82) is 5.26 Å². The van der Waals surface area contributed by atoms with Crippen LogP contribution in [0, 0.1) is 28.6 Å². The summed E-state index contributed by atoms with van der Waals surface area (Å²) in [6.45, 7) is 5.87. The third-order valence-corrected chi connectivity index (χ3v) is 3.40. The molecule has 1 aliphatic rings. The predicted octanol–water partition coefficient (Wildman–Crippen LogP) is 1.52. The number of rotatable bonds is 4. The van der Waals surface area contributed by atoms with Gasteiger partial charge in [-0.2, -0.15) is 5.26 Å². The van der Waals surface area contributed by atoms with Crippen LogP contribution in [0.3, 0.4) is 0 Å². The zero-order valence-corrected chi connectivity index (χ0v) is 11.7. The van der Waals surface area contributed by atoms with Crippen molar-refractivity contribution in [3.63, 3.8) is 0 Å². The average Bonchev–Trinajstić information content (AvgIpc) is 3.16. The van der Waals surface area contributed by atoms with E-state index in [4.69, 9.17) is 5.26 Å². The molecule has 0 radical (unpaired) electrons. The molecule has 0 heterocycles. The molecule has 1 aliphatic carbocycles. The fraction of sp³-hybridized carbons (Fsp3) is 0.600. The lowest BCUT2D eigenvalue weighted by molar-refractivity contribution is -0.116. The molecule has 2 N–H and O–H groups in total. The summed E-state index contributed by atoms with van der Waals surface area (Å²) in [6, 6.07) is 2.14. The fourth-order valence-corrected chi connectivity index (χ4v) is 1.76. The number of nitriles is 1. The quantitative estimate of drug-likeness (QED) is 0.594. The van der Waals surface area contributed by atoms with Crippen molar-refractivity contribution in [3.05, 3.63) is 11.6 Å². The molecule has 1 amide bonds. The van der Waals surface area contributed by atoms with Gasteiger partial charge in [0, 0.05) is 18.2 Å². The number of amides is 1. The Labute approximate surface area is 114 Å². The van der Waals surface area contributed by atoms with E-state index < -0.39 is 11.0 Å². The van der Waals surface area contributed by atoms with Gasteiger partial charge in [-0.3, -0.25) is 4.79 Å². The average molecular weight is 260 g/mol. The number of carbonyl (C=O) groups is 1. The van der Waals surface area contributed by atoms with Crippen molar-refractivity contribution in [2.45, 2.75) is 45.6 Å². The molecule has 4 heteroatoms. The second-order valence-electron chi connectivity index (χ2n) is 4.93. The van der Waals surface area contributed by atoms with Gasteiger partial charge in [0.15, 0.2) is 0 Å². The Morgan fingerprint density at radius 1 is 1.53 bits per heavy atom. The van der Waals surface area contributed by atoms with Crippen LogP contribution in [0.5, 0.6) is 0 Å². The third-order valence-electron chi connectivity index (χ3n) is 3.40. The normalized spacial score (nSPS) is 19.4. The first-order valence-corrected chi connectivity index (χ1v) is 6.56. The first kappa shape index (κ1) is 15.3. The van der Waals surface area contributed by atoms with Crippen LogP contribution in [0.25, 0.3) is 0 Å². The molecule has 1 saturated carbocycles. The summed E-state index contributed by atoms with van der Waals surface area (Å²) in [7, 11) is 0. The summed E-state index contributed by atoms with van der Waals surface area (Å²) < 4.78 is 0. The van der Waals surface area contributed by atoms with Gasteiger partial charge in [0.2, 0.25) is 5.91 Å². The molecule has 0 unspecified atom stereocenters. The van der Waals surface area contributed by atoms with Crippen molar-refractivity contribution < 1.29 is 9.90 Å². The number of hydrogen-bond acceptors (Lipinski definition) is 3. The Bertz CT molecular complexity index is 483. The Kier molecular flexibility index (Phi) is 4.75. The van der Waals surface area contributed by atoms with Gasteiger partial charge in [0.25, 0.3) is 0 Å². The Hall–Kier alpha value is -1.78. The summed E-state index contributed by atoms with van der Waals surface area (Å²) in [6.07, 6.45) is 3.40. The lowest BCUT2D eigenvalue weighted by Gasteiger charge is -2.21. The van der Waals surface area contributed by atoms with Crippen molar-refractivity contribution in [2.75, 3.05) is 6.54 Å². The molecule has 0 spiro atoms. The number of hydrogen-bond donors (Lipinski definition) is 2. The number of allylic oxidation sites excluding steroid dienone is 1. The summed E-state index contributed by atoms with van der Waals surface area (Å²) in [5.41, 5.74) is -1.40. The fourth-order valence-electron chi connectivity index (χ4n) is 1.76. The molecule has 1 rings (SSSR count). The Morgan fingerprint density at radius 2 is 2.16 bits per heavy atom. The van der Waals surface area contributed by atoms with Gasteiger partial charge in [-0.25, -0.2) is 0 Å². The van der Waals surface area contributed by atoms with Crippen LogP contribution >= 0.6 is 0 Å². The maximum Gasteiger partial charge on any atom is 0.244 e. The van der Waals surface area contributed by atoms with Gasteiger partial charge in [0.1, 0.15) is 5.60 Å². The van der Waals surface area contributed by atoms with E-state index in [1.807, 2.05) is 13.8 Å². The highest BCUT2D eigenvalue weighted by molar-refractivity contribution is 5.88. The molecular weight excluding hydrogens is 240 g/mol. The van der Waals surface area contributed by atoms with Crippen LogP contribution in [-0.4, -0.2) is 23.2 Å². The maximum absolute atomic E-state index is 11.4. The first-order valence-electron chi connectivity index (χ1n) is 6.56. The van der Waals surface area contributed by atoms with Gasteiger partial charge in [0.05, 0.1) is 11.5 Å². The summed E-state index contributed by atoms with van der Waals surface area (Å²) in [4.78, 5) is 11.4. The van der Waals surface area contributed by atoms with Crippen molar-refractivity contribution >= 4 is 5.91 Å². The summed E-state index contributed by atoms with van der Waals surface area (Å²) in [5.74, 6) is 5.39. The molecule has 0 aromatic carbocycles. The molecule has 0 aromatic heterocycles. The second kappa shape index (κ2) is 5.91. The van der Waals surface area contributed by atoms with E-state index in [0.717, 1.165) is 0 Å². The molecule has 4 nitrogen and oxygen atoms in total. The third kappa shape index (κ3) is 3.59. The van der Waals surface area contributed by atoms with E-state index in [1.54, 1.807) is 6.92 Å². The van der Waals surface area contributed by atoms with Gasteiger partial charge in [-0.15, -0.1) is 0 Å². The van der Waals surface area contributed by atoms with E-state index in [0.29, 0.717) is 31.4 Å². The number of likely N-dealkylation sites (N-methyl/N-ethyl adjacent to an activating group) is 1. The molecule has 1 atom stereocenters. The minimum Gasteiger partial charge on any atom is -0.376 e. The van der Waals surface area contributed by atoms with E-state index in [1.165, 1.54) is 6.08 Å². The van der Waals surface area contributed by atoms with Gasteiger partial charge in [-0.05, 0) is 33.1 Å².